The molecule has 0 bridgehead atoms. The third kappa shape index (κ3) is 3.28. The molecule has 3 nitrogen and oxygen atoms in total. The van der Waals surface area contributed by atoms with Crippen LogP contribution in [-0.4, -0.2) is 31.7 Å². The van der Waals surface area contributed by atoms with Crippen LogP contribution < -0.4 is 0 Å². The molecule has 0 N–H and O–H groups in total. The largest absolute Gasteiger partial charge is 0.460 e. The zero-order chi connectivity index (χ0) is 19.2. The molecule has 0 aromatic carbocycles. The van der Waals surface area contributed by atoms with Crippen molar-refractivity contribution < 1.29 is 52.1 Å². The Labute approximate surface area is 134 Å². The monoisotopic (exact) mass is 414 g/mol. The first-order valence-electron chi connectivity index (χ1n) is 6.01. The second-order valence-corrected chi connectivity index (χ2v) is 6.78. The molecule has 0 aromatic heterocycles. The predicted molar refractivity (Wildman–Crippen MR) is 62.2 cm³/mol. The van der Waals surface area contributed by atoms with Gasteiger partial charge in [-0.1, -0.05) is 11.6 Å². The van der Waals surface area contributed by atoms with Gasteiger partial charge in [0.05, 0.1) is 5.03 Å². The van der Waals surface area contributed by atoms with Gasteiger partial charge in [0.1, 0.15) is 5.76 Å². The maximum atomic E-state index is 13.4. The number of allylic oxidation sites excluding steroid dienone is 2. The average Bonchev–Trinajstić information content (AvgIpc) is 2.39. The molecule has 0 spiro atoms. The van der Waals surface area contributed by atoms with Gasteiger partial charge >= 0.3 is 33.4 Å². The Balaban J connectivity index is 3.30. The first-order valence-corrected chi connectivity index (χ1v) is 7.79. The van der Waals surface area contributed by atoms with E-state index in [1.807, 2.05) is 0 Å². The summed E-state index contributed by atoms with van der Waals surface area (Å²) in [5, 5.41) is -7.31. The lowest BCUT2D eigenvalue weighted by Crippen LogP contribution is -2.63. The molecular weight excluding hydrogens is 407 g/mol. The Morgan fingerprint density at radius 3 is 1.71 bits per heavy atom. The second kappa shape index (κ2) is 6.15. The van der Waals surface area contributed by atoms with Crippen molar-refractivity contribution in [2.24, 2.45) is 0 Å². The molecule has 0 fully saturated rings. The van der Waals surface area contributed by atoms with Crippen LogP contribution in [0.3, 0.4) is 0 Å². The second-order valence-electron chi connectivity index (χ2n) is 4.74. The van der Waals surface area contributed by atoms with Crippen molar-refractivity contribution in [2.45, 2.75) is 49.0 Å². The van der Waals surface area contributed by atoms with E-state index in [1.165, 1.54) is 0 Å². The summed E-state index contributed by atoms with van der Waals surface area (Å²) in [5.74, 6) is -15.6. The number of rotatable bonds is 5. The molecule has 0 aromatic rings. The topological polar surface area (TPSA) is 43.4 Å². The normalized spacial score (nSPS) is 18.8. The highest BCUT2D eigenvalue weighted by Crippen LogP contribution is 2.55. The van der Waals surface area contributed by atoms with Crippen molar-refractivity contribution >= 4 is 21.7 Å². The zero-order valence-corrected chi connectivity index (χ0v) is 12.8. The number of alkyl halides is 9. The Bertz CT molecular complexity index is 624. The Morgan fingerprint density at radius 1 is 0.833 bits per heavy atom. The highest BCUT2D eigenvalue weighted by Gasteiger charge is 2.86. The molecule has 0 saturated carbocycles. The van der Waals surface area contributed by atoms with Crippen LogP contribution in [0.15, 0.2) is 10.8 Å². The summed E-state index contributed by atoms with van der Waals surface area (Å²) in [5.41, 5.74) is 0. The minimum atomic E-state index is -7.33. The number of hydrogen-bond acceptors (Lipinski definition) is 3. The average molecular weight is 415 g/mol. The Kier molecular flexibility index (Phi) is 5.43. The van der Waals surface area contributed by atoms with Gasteiger partial charge in [0, 0.05) is 6.42 Å². The summed E-state index contributed by atoms with van der Waals surface area (Å²) < 4.78 is 140. The van der Waals surface area contributed by atoms with Crippen molar-refractivity contribution in [3.8, 4) is 0 Å². The van der Waals surface area contributed by atoms with E-state index in [9.17, 15) is 47.9 Å². The third-order valence-electron chi connectivity index (χ3n) is 2.99. The van der Waals surface area contributed by atoms with Crippen LogP contribution in [0.2, 0.25) is 0 Å². The fraction of sp³-hybridized carbons (Fsp3) is 0.800. The molecule has 14 heteroatoms. The number of halogens is 10. The summed E-state index contributed by atoms with van der Waals surface area (Å²) in [4.78, 5) is 0. The first-order chi connectivity index (χ1) is 10.5. The molecule has 142 valence electrons. The molecule has 1 rings (SSSR count). The lowest BCUT2D eigenvalue weighted by molar-refractivity contribution is -0.382. The molecule has 1 aliphatic carbocycles. The molecule has 24 heavy (non-hydrogen) atoms. The van der Waals surface area contributed by atoms with Crippen LogP contribution in [0.4, 0.5) is 39.5 Å². The number of hydrogen-bond donors (Lipinski definition) is 0. The molecule has 0 unspecified atom stereocenters. The zero-order valence-electron chi connectivity index (χ0n) is 11.2. The van der Waals surface area contributed by atoms with Gasteiger partial charge in [0.15, 0.2) is 0 Å². The van der Waals surface area contributed by atoms with Crippen molar-refractivity contribution in [1.29, 1.82) is 0 Å². The van der Waals surface area contributed by atoms with E-state index in [-0.39, 0.29) is 12.8 Å². The molecule has 0 radical (unpaired) electrons. The van der Waals surface area contributed by atoms with Crippen molar-refractivity contribution in [3.63, 3.8) is 0 Å². The van der Waals surface area contributed by atoms with Gasteiger partial charge in [0.2, 0.25) is 0 Å². The standard InChI is InChI=1S/C10H8ClF9O3S/c11-5-3-1-2-4-6(5)23-24(21,22)10(19,20)8(14,15)7(12,13)9(16,17)18/h1-4H2. The highest BCUT2D eigenvalue weighted by molar-refractivity contribution is 7.88. The third-order valence-corrected chi connectivity index (χ3v) is 4.70. The van der Waals surface area contributed by atoms with Crippen LogP contribution >= 0.6 is 11.6 Å². The van der Waals surface area contributed by atoms with E-state index in [0.29, 0.717) is 6.42 Å². The summed E-state index contributed by atoms with van der Waals surface area (Å²) in [7, 11) is -6.90. The molecule has 0 atom stereocenters. The lowest BCUT2D eigenvalue weighted by atomic mass is 10.1. The van der Waals surface area contributed by atoms with Crippen molar-refractivity contribution in [2.75, 3.05) is 0 Å². The summed E-state index contributed by atoms with van der Waals surface area (Å²) in [6.45, 7) is 0. The molecule has 0 amide bonds. The van der Waals surface area contributed by atoms with Gasteiger partial charge in [0.25, 0.3) is 0 Å². The van der Waals surface area contributed by atoms with E-state index in [4.69, 9.17) is 11.6 Å². The predicted octanol–water partition coefficient (Wildman–Crippen LogP) is 4.78. The van der Waals surface area contributed by atoms with Gasteiger partial charge in [-0.25, -0.2) is 0 Å². The SMILES string of the molecule is O=S(=O)(OC1=C(Cl)CCCC1)C(F)(F)C(F)(F)C(F)(F)C(F)(F)F. The van der Waals surface area contributed by atoms with Crippen LogP contribution in [0.1, 0.15) is 25.7 Å². The van der Waals surface area contributed by atoms with Crippen molar-refractivity contribution in [1.82, 2.24) is 0 Å². The molecule has 0 saturated heterocycles. The molecule has 1 aliphatic rings. The first kappa shape index (κ1) is 21.2. The van der Waals surface area contributed by atoms with Gasteiger partial charge in [-0.05, 0) is 19.3 Å². The Morgan fingerprint density at radius 2 is 1.29 bits per heavy atom. The molecule has 0 aliphatic heterocycles. The summed E-state index contributed by atoms with van der Waals surface area (Å²) in [6.07, 6.45) is -7.05. The molecule has 0 heterocycles. The summed E-state index contributed by atoms with van der Waals surface area (Å²) >= 11 is 5.45. The smallest absolute Gasteiger partial charge is 0.381 e. The van der Waals surface area contributed by atoms with Gasteiger partial charge in [-0.3, -0.25) is 0 Å². The molecular formula is C10H8ClF9O3S. The maximum Gasteiger partial charge on any atom is 0.460 e. The minimum absolute atomic E-state index is 0.0624. The van der Waals surface area contributed by atoms with E-state index < -0.39 is 50.6 Å². The maximum absolute atomic E-state index is 13.4. The van der Waals surface area contributed by atoms with E-state index in [0.717, 1.165) is 0 Å². The van der Waals surface area contributed by atoms with E-state index in [2.05, 4.69) is 4.18 Å². The minimum Gasteiger partial charge on any atom is -0.381 e. The van der Waals surface area contributed by atoms with Crippen LogP contribution in [0.25, 0.3) is 0 Å². The van der Waals surface area contributed by atoms with Gasteiger partial charge < -0.3 is 4.18 Å². The lowest BCUT2D eigenvalue weighted by Gasteiger charge is -2.32. The fourth-order valence-electron chi connectivity index (χ4n) is 1.63. The van der Waals surface area contributed by atoms with Gasteiger partial charge in [-0.15, -0.1) is 0 Å². The van der Waals surface area contributed by atoms with Gasteiger partial charge in [-0.2, -0.15) is 47.9 Å². The van der Waals surface area contributed by atoms with Crippen LogP contribution in [-0.2, 0) is 14.3 Å². The highest BCUT2D eigenvalue weighted by atomic mass is 35.5. The van der Waals surface area contributed by atoms with E-state index >= 15 is 0 Å². The van der Waals surface area contributed by atoms with Crippen molar-refractivity contribution in [3.05, 3.63) is 10.8 Å². The van der Waals surface area contributed by atoms with Crippen LogP contribution in [0, 0.1) is 0 Å². The quantitative estimate of drug-likeness (QED) is 0.480. The summed E-state index contributed by atoms with van der Waals surface area (Å²) in [6, 6.07) is 0. The van der Waals surface area contributed by atoms with E-state index in [1.54, 1.807) is 0 Å². The Hall–Kier alpha value is -0.850. The van der Waals surface area contributed by atoms with Crippen LogP contribution in [0.5, 0.6) is 0 Å². The fourth-order valence-corrected chi connectivity index (χ4v) is 2.94.